The Morgan fingerprint density at radius 3 is 2.38 bits per heavy atom. The summed E-state index contributed by atoms with van der Waals surface area (Å²) in [5, 5.41) is 10.0. The van der Waals surface area contributed by atoms with Gasteiger partial charge >= 0.3 is 0 Å². The lowest BCUT2D eigenvalue weighted by atomic mass is 10.1. The van der Waals surface area contributed by atoms with Crippen LogP contribution < -0.4 is 0 Å². The summed E-state index contributed by atoms with van der Waals surface area (Å²) in [6, 6.07) is 20.4. The van der Waals surface area contributed by atoms with Gasteiger partial charge in [-0.05, 0) is 57.1 Å². The second-order valence-corrected chi connectivity index (χ2v) is 9.03. The van der Waals surface area contributed by atoms with E-state index in [9.17, 15) is 0 Å². The molecule has 7 heteroatoms. The molecule has 32 heavy (non-hydrogen) atoms. The molecule has 1 fully saturated rings. The van der Waals surface area contributed by atoms with Crippen molar-refractivity contribution in [1.82, 2.24) is 24.6 Å². The maximum atomic E-state index is 5.94. The summed E-state index contributed by atoms with van der Waals surface area (Å²) < 4.78 is 8.12. The number of para-hydroxylation sites is 1. The highest BCUT2D eigenvalue weighted by atomic mass is 32.2. The summed E-state index contributed by atoms with van der Waals surface area (Å²) in [5.74, 6) is 3.17. The van der Waals surface area contributed by atoms with Crippen molar-refractivity contribution in [3.05, 3.63) is 77.9 Å². The van der Waals surface area contributed by atoms with Crippen LogP contribution in [0.2, 0.25) is 0 Å². The van der Waals surface area contributed by atoms with Gasteiger partial charge in [0, 0.05) is 17.0 Å². The van der Waals surface area contributed by atoms with Gasteiger partial charge in [0.05, 0.1) is 12.2 Å². The van der Waals surface area contributed by atoms with Crippen molar-refractivity contribution in [2.75, 3.05) is 13.1 Å². The van der Waals surface area contributed by atoms with Gasteiger partial charge in [-0.15, -0.1) is 10.2 Å². The van der Waals surface area contributed by atoms with Crippen LogP contribution >= 0.6 is 11.8 Å². The van der Waals surface area contributed by atoms with Crippen LogP contribution in [0.15, 0.2) is 70.2 Å². The van der Waals surface area contributed by atoms with Crippen molar-refractivity contribution >= 4 is 11.8 Å². The SMILES string of the molecule is Cc1oc(-c2ccccc2)nc1CSc1nnc(CN2CCCCC2)n1-c1ccccc1. The Morgan fingerprint density at radius 1 is 0.906 bits per heavy atom. The molecule has 1 saturated heterocycles. The smallest absolute Gasteiger partial charge is 0.226 e. The van der Waals surface area contributed by atoms with Gasteiger partial charge in [0.1, 0.15) is 5.76 Å². The van der Waals surface area contributed by atoms with E-state index in [-0.39, 0.29) is 0 Å². The molecule has 0 spiro atoms. The number of nitrogens with zero attached hydrogens (tertiary/aromatic N) is 5. The van der Waals surface area contributed by atoms with Crippen molar-refractivity contribution in [2.45, 2.75) is 43.6 Å². The van der Waals surface area contributed by atoms with Crippen LogP contribution in [0.4, 0.5) is 0 Å². The van der Waals surface area contributed by atoms with Crippen LogP contribution in [-0.2, 0) is 12.3 Å². The third kappa shape index (κ3) is 4.64. The molecule has 2 aromatic carbocycles. The monoisotopic (exact) mass is 445 g/mol. The quantitative estimate of drug-likeness (QED) is 0.350. The predicted molar refractivity (Wildman–Crippen MR) is 127 cm³/mol. The zero-order valence-corrected chi connectivity index (χ0v) is 19.1. The van der Waals surface area contributed by atoms with Gasteiger partial charge in [0.2, 0.25) is 5.89 Å². The molecule has 0 saturated carbocycles. The van der Waals surface area contributed by atoms with Crippen molar-refractivity contribution in [1.29, 1.82) is 0 Å². The van der Waals surface area contributed by atoms with E-state index in [2.05, 4.69) is 43.9 Å². The summed E-state index contributed by atoms with van der Waals surface area (Å²) in [4.78, 5) is 7.23. The summed E-state index contributed by atoms with van der Waals surface area (Å²) in [7, 11) is 0. The molecule has 3 heterocycles. The number of oxazole rings is 1. The third-order valence-electron chi connectivity index (χ3n) is 5.78. The lowest BCUT2D eigenvalue weighted by molar-refractivity contribution is 0.214. The summed E-state index contributed by atoms with van der Waals surface area (Å²) in [6.07, 6.45) is 3.84. The molecule has 0 bridgehead atoms. The summed E-state index contributed by atoms with van der Waals surface area (Å²) in [6.45, 7) is 5.05. The van der Waals surface area contributed by atoms with E-state index in [1.807, 2.05) is 43.3 Å². The van der Waals surface area contributed by atoms with Crippen LogP contribution in [0.25, 0.3) is 17.1 Å². The summed E-state index contributed by atoms with van der Waals surface area (Å²) in [5.41, 5.74) is 3.02. The minimum atomic E-state index is 0.661. The van der Waals surface area contributed by atoms with E-state index in [1.54, 1.807) is 11.8 Å². The van der Waals surface area contributed by atoms with Crippen LogP contribution in [0.1, 0.15) is 36.5 Å². The Kier molecular flexibility index (Phi) is 6.36. The molecular weight excluding hydrogens is 418 g/mol. The largest absolute Gasteiger partial charge is 0.441 e. The molecule has 1 aliphatic heterocycles. The van der Waals surface area contributed by atoms with Crippen LogP contribution in [-0.4, -0.2) is 37.7 Å². The average Bonchev–Trinajstić information content (AvgIpc) is 3.42. The maximum absolute atomic E-state index is 5.94. The lowest BCUT2D eigenvalue weighted by Gasteiger charge is -2.26. The molecular formula is C25H27N5OS. The minimum absolute atomic E-state index is 0.661. The number of aromatic nitrogens is 4. The van der Waals surface area contributed by atoms with Gasteiger partial charge in [-0.25, -0.2) is 4.98 Å². The highest BCUT2D eigenvalue weighted by Gasteiger charge is 2.20. The number of aryl methyl sites for hydroxylation is 1. The number of piperidine rings is 1. The first-order valence-electron chi connectivity index (χ1n) is 11.1. The first-order chi connectivity index (χ1) is 15.8. The third-order valence-corrected chi connectivity index (χ3v) is 6.72. The lowest BCUT2D eigenvalue weighted by Crippen LogP contribution is -2.30. The highest BCUT2D eigenvalue weighted by molar-refractivity contribution is 7.98. The number of thioether (sulfide) groups is 1. The Balaban J connectivity index is 1.38. The number of likely N-dealkylation sites (tertiary alicyclic amines) is 1. The normalized spacial score (nSPS) is 14.7. The standard InChI is InChI=1S/C25H27N5OS/c1-19-22(26-24(31-19)20-11-5-2-6-12-20)18-32-25-28-27-23(17-29-15-9-4-10-16-29)30(25)21-13-7-3-8-14-21/h2-3,5-8,11-14H,4,9-10,15-18H2,1H3. The molecule has 2 aromatic heterocycles. The van der Waals surface area contributed by atoms with Crippen LogP contribution in [0.3, 0.4) is 0 Å². The fourth-order valence-electron chi connectivity index (χ4n) is 4.05. The molecule has 6 nitrogen and oxygen atoms in total. The Morgan fingerprint density at radius 2 is 1.62 bits per heavy atom. The van der Waals surface area contributed by atoms with Gasteiger partial charge < -0.3 is 4.42 Å². The molecule has 0 amide bonds. The van der Waals surface area contributed by atoms with E-state index in [1.165, 1.54) is 19.3 Å². The molecule has 0 aliphatic carbocycles. The van der Waals surface area contributed by atoms with Gasteiger partial charge in [-0.1, -0.05) is 54.6 Å². The minimum Gasteiger partial charge on any atom is -0.441 e. The fraction of sp³-hybridized carbons (Fsp3) is 0.320. The van der Waals surface area contributed by atoms with Gasteiger partial charge in [-0.2, -0.15) is 0 Å². The molecule has 0 atom stereocenters. The molecule has 0 N–H and O–H groups in total. The Bertz CT molecular complexity index is 1150. The second kappa shape index (κ2) is 9.71. The molecule has 164 valence electrons. The maximum Gasteiger partial charge on any atom is 0.226 e. The average molecular weight is 446 g/mol. The van der Waals surface area contributed by atoms with E-state index >= 15 is 0 Å². The molecule has 0 unspecified atom stereocenters. The number of hydrogen-bond donors (Lipinski definition) is 0. The topological polar surface area (TPSA) is 60.0 Å². The predicted octanol–water partition coefficient (Wildman–Crippen LogP) is 5.51. The molecule has 4 aromatic rings. The fourth-order valence-corrected chi connectivity index (χ4v) is 5.02. The first-order valence-corrected chi connectivity index (χ1v) is 12.1. The van der Waals surface area contributed by atoms with E-state index < -0.39 is 0 Å². The van der Waals surface area contributed by atoms with Crippen LogP contribution in [0, 0.1) is 6.92 Å². The molecule has 0 radical (unpaired) electrons. The van der Waals surface area contributed by atoms with Crippen molar-refractivity contribution < 1.29 is 4.42 Å². The molecule has 1 aliphatic rings. The van der Waals surface area contributed by atoms with Gasteiger partial charge in [-0.3, -0.25) is 9.47 Å². The Labute approximate surface area is 192 Å². The van der Waals surface area contributed by atoms with Gasteiger partial charge in [0.25, 0.3) is 0 Å². The van der Waals surface area contributed by atoms with E-state index in [4.69, 9.17) is 9.40 Å². The first kappa shape index (κ1) is 21.0. The number of benzene rings is 2. The number of rotatable bonds is 7. The number of hydrogen-bond acceptors (Lipinski definition) is 6. The second-order valence-electron chi connectivity index (χ2n) is 8.08. The zero-order chi connectivity index (χ0) is 21.8. The van der Waals surface area contributed by atoms with Crippen molar-refractivity contribution in [2.24, 2.45) is 0 Å². The summed E-state index contributed by atoms with van der Waals surface area (Å²) >= 11 is 1.65. The van der Waals surface area contributed by atoms with Crippen molar-refractivity contribution in [3.63, 3.8) is 0 Å². The van der Waals surface area contributed by atoms with Crippen molar-refractivity contribution in [3.8, 4) is 17.1 Å². The highest BCUT2D eigenvalue weighted by Crippen LogP contribution is 2.29. The van der Waals surface area contributed by atoms with Gasteiger partial charge in [0.15, 0.2) is 11.0 Å². The van der Waals surface area contributed by atoms with E-state index in [0.717, 1.165) is 53.3 Å². The van der Waals surface area contributed by atoms with Crippen LogP contribution in [0.5, 0.6) is 0 Å². The zero-order valence-electron chi connectivity index (χ0n) is 18.3. The molecule has 5 rings (SSSR count). The van der Waals surface area contributed by atoms with E-state index in [0.29, 0.717) is 11.6 Å². The Hall–Kier alpha value is -2.90.